The van der Waals surface area contributed by atoms with Crippen molar-refractivity contribution >= 4 is 65.3 Å². The molecule has 7 atom stereocenters. The van der Waals surface area contributed by atoms with Crippen molar-refractivity contribution in [2.45, 2.75) is 175 Å². The van der Waals surface area contributed by atoms with Gasteiger partial charge in [-0.15, -0.1) is 0 Å². The smallest absolute Gasteiger partial charge is 0.408 e. The molecule has 0 unspecified atom stereocenters. The van der Waals surface area contributed by atoms with E-state index >= 15 is 0 Å². The van der Waals surface area contributed by atoms with E-state index in [4.69, 9.17) is 19.9 Å². The Balaban J connectivity index is 1.81. The maximum atomic E-state index is 13.3. The van der Waals surface area contributed by atoms with Gasteiger partial charge in [0.05, 0.1) is 5.92 Å². The van der Waals surface area contributed by atoms with Gasteiger partial charge in [0.15, 0.2) is 5.03 Å². The molecule has 0 saturated heterocycles. The second-order valence-corrected chi connectivity index (χ2v) is 20.6. The maximum absolute atomic E-state index is 13.3. The molecule has 0 bridgehead atoms. The van der Waals surface area contributed by atoms with Crippen LogP contribution in [0.5, 0.6) is 0 Å². The van der Waals surface area contributed by atoms with E-state index in [1.54, 1.807) is 53.9 Å². The average molecular weight is 1140 g/mol. The van der Waals surface area contributed by atoms with Crippen LogP contribution in [0.3, 0.4) is 0 Å². The first kappa shape index (κ1) is 68.7. The summed E-state index contributed by atoms with van der Waals surface area (Å²) in [6.45, 7) is 12.5. The van der Waals surface area contributed by atoms with Crippen LogP contribution in [0.1, 0.15) is 131 Å². The summed E-state index contributed by atoms with van der Waals surface area (Å²) >= 11 is 0. The Labute approximate surface area is 472 Å². The molecule has 2 aromatic rings. The minimum absolute atomic E-state index is 0.0340. The molecule has 0 aliphatic carbocycles. The molecule has 0 heterocycles. The topological polar surface area (TPSA) is 388 Å². The average Bonchev–Trinajstić information content (AvgIpc) is 3.37. The molecule has 2 aromatic carbocycles. The summed E-state index contributed by atoms with van der Waals surface area (Å²) in [5, 5.41) is 30.4. The van der Waals surface area contributed by atoms with E-state index in [2.05, 4.69) is 47.5 Å². The first-order valence-corrected chi connectivity index (χ1v) is 26.8. The third-order valence-corrected chi connectivity index (χ3v) is 11.4. The van der Waals surface area contributed by atoms with Gasteiger partial charge < -0.3 is 62.5 Å². The van der Waals surface area contributed by atoms with E-state index in [0.717, 1.165) is 11.1 Å². The molecule has 0 aliphatic heterocycles. The van der Waals surface area contributed by atoms with Gasteiger partial charge >= 0.3 is 18.2 Å². The van der Waals surface area contributed by atoms with Crippen LogP contribution in [0.2, 0.25) is 0 Å². The molecule has 0 radical (unpaired) electrons. The first-order chi connectivity index (χ1) is 38.2. The molecule has 27 heteroatoms. The molecule has 27 nitrogen and oxygen atoms in total. The second kappa shape index (κ2) is 36.7. The van der Waals surface area contributed by atoms with Crippen LogP contribution >= 0.6 is 0 Å². The third kappa shape index (κ3) is 33.0. The highest BCUT2D eigenvalue weighted by Crippen LogP contribution is 2.19. The summed E-state index contributed by atoms with van der Waals surface area (Å²) in [7, 11) is 0. The summed E-state index contributed by atoms with van der Waals surface area (Å²) in [6.07, 6.45) is -0.712. The highest BCUT2D eigenvalue weighted by Gasteiger charge is 2.28. The van der Waals surface area contributed by atoms with E-state index in [9.17, 15) is 58.1 Å². The Morgan fingerprint density at radius 1 is 0.593 bits per heavy atom. The number of benzene rings is 2. The molecule has 0 spiro atoms. The van der Waals surface area contributed by atoms with Crippen molar-refractivity contribution in [3.8, 4) is 0 Å². The number of nitro groups is 1. The lowest BCUT2D eigenvalue weighted by Crippen LogP contribution is -2.55. The molecule has 8 amide bonds. The monoisotopic (exact) mass is 1140 g/mol. The van der Waals surface area contributed by atoms with Crippen molar-refractivity contribution in [2.75, 3.05) is 19.6 Å². The van der Waals surface area contributed by atoms with Crippen LogP contribution in [0.15, 0.2) is 65.7 Å². The fraction of sp³-hybridized carbons (Fsp3) is 0.574. The van der Waals surface area contributed by atoms with Crippen LogP contribution in [0.4, 0.5) is 9.59 Å². The van der Waals surface area contributed by atoms with Crippen molar-refractivity contribution in [3.05, 3.63) is 81.9 Å². The number of Topliss-reactive ketones (excluding diaryl/α,β-unsaturated/α-hetero) is 1. The molecular formula is C54H82N12O15. The number of nitrogens with two attached hydrogens (primary N) is 1. The van der Waals surface area contributed by atoms with E-state index in [0.29, 0.717) is 25.8 Å². The summed E-state index contributed by atoms with van der Waals surface area (Å²) < 4.78 is 15.9. The number of hydrogen-bond acceptors (Lipinski definition) is 16. The lowest BCUT2D eigenvalue weighted by Gasteiger charge is -2.23. The zero-order valence-electron chi connectivity index (χ0n) is 47.5. The van der Waals surface area contributed by atoms with Gasteiger partial charge in [0.2, 0.25) is 35.4 Å². The largest absolute Gasteiger partial charge is 0.461 e. The number of aliphatic imine (C=N–C) groups is 1. The Kier molecular flexibility index (Phi) is 31.1. The molecule has 0 saturated carbocycles. The number of carbonyl (C=O) groups is 10. The number of unbranched alkanes of at least 4 members (excludes halogenated alkanes) is 1. The number of amides is 8. The summed E-state index contributed by atoms with van der Waals surface area (Å²) in [5.74, 6) is -5.65. The third-order valence-electron chi connectivity index (χ3n) is 11.4. The number of hydrazine groups is 1. The fourth-order valence-electron chi connectivity index (χ4n) is 7.72. The van der Waals surface area contributed by atoms with Gasteiger partial charge in [0.1, 0.15) is 43.2 Å². The van der Waals surface area contributed by atoms with Gasteiger partial charge in [-0.2, -0.15) is 0 Å². The van der Waals surface area contributed by atoms with Crippen LogP contribution in [0.25, 0.3) is 0 Å². The predicted octanol–water partition coefficient (Wildman–Crippen LogP) is 2.37. The van der Waals surface area contributed by atoms with Gasteiger partial charge in [0, 0.05) is 69.4 Å². The zero-order valence-corrected chi connectivity index (χ0v) is 47.5. The highest BCUT2D eigenvalue weighted by molar-refractivity contribution is 5.93. The van der Waals surface area contributed by atoms with Gasteiger partial charge in [-0.1, -0.05) is 72.5 Å². The van der Waals surface area contributed by atoms with Crippen molar-refractivity contribution in [1.29, 1.82) is 0 Å². The molecular weight excluding hydrogens is 1060 g/mol. The number of esters is 1. The summed E-state index contributed by atoms with van der Waals surface area (Å²) in [6, 6.07) is 13.3. The Hall–Kier alpha value is -8.39. The second-order valence-electron chi connectivity index (χ2n) is 20.6. The number of carbonyl (C=O) groups excluding carboxylic acids is 10. The van der Waals surface area contributed by atoms with Gasteiger partial charge in [0.25, 0.3) is 5.96 Å². The van der Waals surface area contributed by atoms with Gasteiger partial charge in [-0.05, 0) is 92.2 Å². The number of nitrogens with zero attached hydrogens (tertiary/aromatic N) is 2. The van der Waals surface area contributed by atoms with Gasteiger partial charge in [-0.3, -0.25) is 38.4 Å². The molecule has 448 valence electrons. The number of guanidine groups is 1. The number of ketones is 1. The van der Waals surface area contributed by atoms with Crippen molar-refractivity contribution in [3.63, 3.8) is 0 Å². The standard InChI is InChI=1S/C54H82N12O15/c1-34(26-42(67)30-41(50(74)79-32-39-18-11-9-12-19-39)22-15-16-24-57-52(75)80-33-40-20-13-10-14-21-40)59-44(68)27-35(2)60-45(69)28-36(3)61-46(70)29-37(4)62-48(72)38(5)63-49(73)43(23-17-25-56-51(55)65-66(77)78)64-47(71)31-58-53(76)81-54(6,7)8/h9-14,18-21,34-38,41,43H,15-17,22-33H2,1-8H3,(H,57,75)(H,58,76)(H,59,68)(H,60,69)(H,61,70)(H,62,72)(H,63,73)(H,64,71)(H3,55,56,65)/t34-,35-,36+,37+,38-,41+,43-/m0/s1. The number of ether oxygens (including phenoxy) is 3. The van der Waals surface area contributed by atoms with Crippen LogP contribution in [-0.4, -0.2) is 132 Å². The molecule has 11 N–H and O–H groups in total. The van der Waals surface area contributed by atoms with Gasteiger partial charge in [-0.25, -0.2) is 24.7 Å². The zero-order chi connectivity index (χ0) is 60.5. The van der Waals surface area contributed by atoms with Crippen LogP contribution < -0.4 is 53.7 Å². The number of rotatable bonds is 35. The Morgan fingerprint density at radius 2 is 1.11 bits per heavy atom. The quantitative estimate of drug-likeness (QED) is 0.00901. The first-order valence-electron chi connectivity index (χ1n) is 26.8. The number of alkyl carbamates (subject to hydrolysis) is 2. The minimum Gasteiger partial charge on any atom is -0.461 e. The van der Waals surface area contributed by atoms with E-state index < -0.39 is 119 Å². The SMILES string of the molecule is C[C@H](CC(=O)N[C@@H](C)CC(=O)N[C@@H](C)CC(=O)C[C@@H](CCCCNC(=O)OCc1ccccc1)C(=O)OCc1ccccc1)NC(=O)C[C@@H](C)NC(=O)[C@H](C)NC(=O)[C@H](CCCN=C(N)N[N+](=O)[O-])NC(=O)CNC(=O)OC(C)(C)C. The van der Waals surface area contributed by atoms with Crippen molar-refractivity contribution in [2.24, 2.45) is 16.6 Å². The Bertz CT molecular complexity index is 2420. The van der Waals surface area contributed by atoms with E-state index in [1.807, 2.05) is 60.7 Å². The molecule has 0 aromatic heterocycles. The number of hydrogen-bond donors (Lipinski definition) is 10. The van der Waals surface area contributed by atoms with Crippen molar-refractivity contribution in [1.82, 2.24) is 48.0 Å². The van der Waals surface area contributed by atoms with Crippen molar-refractivity contribution < 1.29 is 67.2 Å². The minimum atomic E-state index is -1.25. The normalized spacial score (nSPS) is 13.8. The molecule has 0 aliphatic rings. The maximum Gasteiger partial charge on any atom is 0.408 e. The summed E-state index contributed by atoms with van der Waals surface area (Å²) in [5.41, 5.74) is 7.91. The molecule has 2 rings (SSSR count). The highest BCUT2D eigenvalue weighted by atomic mass is 16.7. The number of nitrogens with one attached hydrogen (secondary N) is 9. The lowest BCUT2D eigenvalue weighted by molar-refractivity contribution is -0.525. The van der Waals surface area contributed by atoms with Crippen LogP contribution in [-0.2, 0) is 65.8 Å². The van der Waals surface area contributed by atoms with Crippen LogP contribution in [0, 0.1) is 16.0 Å². The van der Waals surface area contributed by atoms with E-state index in [-0.39, 0.29) is 70.5 Å². The Morgan fingerprint density at radius 3 is 1.64 bits per heavy atom. The molecule has 0 fully saturated rings. The fourth-order valence-corrected chi connectivity index (χ4v) is 7.72. The molecule has 81 heavy (non-hydrogen) atoms. The van der Waals surface area contributed by atoms with E-state index in [1.165, 1.54) is 6.92 Å². The summed E-state index contributed by atoms with van der Waals surface area (Å²) in [4.78, 5) is 143. The lowest BCUT2D eigenvalue weighted by atomic mass is 9.94. The predicted molar refractivity (Wildman–Crippen MR) is 296 cm³/mol.